The molecule has 2 atom stereocenters. The van der Waals surface area contributed by atoms with Gasteiger partial charge in [0.1, 0.15) is 0 Å². The van der Waals surface area contributed by atoms with Crippen molar-refractivity contribution < 1.29 is 9.53 Å². The summed E-state index contributed by atoms with van der Waals surface area (Å²) in [6, 6.07) is 0.221. The van der Waals surface area contributed by atoms with E-state index in [4.69, 9.17) is 10.5 Å². The van der Waals surface area contributed by atoms with Gasteiger partial charge in [-0.2, -0.15) is 0 Å². The van der Waals surface area contributed by atoms with Gasteiger partial charge in [0.05, 0.1) is 6.61 Å². The van der Waals surface area contributed by atoms with E-state index in [2.05, 4.69) is 5.32 Å². The molecule has 0 aromatic rings. The minimum atomic E-state index is -0.347. The number of hydrogen-bond donors (Lipinski definition) is 2. The summed E-state index contributed by atoms with van der Waals surface area (Å²) in [5, 5.41) is 2.74. The van der Waals surface area contributed by atoms with E-state index in [1.165, 1.54) is 0 Å². The molecule has 1 aliphatic rings. The van der Waals surface area contributed by atoms with Crippen LogP contribution in [0, 0.1) is 0 Å². The predicted molar refractivity (Wildman–Crippen MR) is 45.8 cm³/mol. The van der Waals surface area contributed by atoms with E-state index in [9.17, 15) is 4.79 Å². The first kappa shape index (κ1) is 9.32. The zero-order valence-corrected chi connectivity index (χ0v) is 7.38. The third-order valence-corrected chi connectivity index (χ3v) is 2.15. The van der Waals surface area contributed by atoms with Crippen LogP contribution >= 0.6 is 0 Å². The highest BCUT2D eigenvalue weighted by Crippen LogP contribution is 2.16. The summed E-state index contributed by atoms with van der Waals surface area (Å²) in [5.41, 5.74) is 5.75. The third kappa shape index (κ3) is 2.37. The summed E-state index contributed by atoms with van der Waals surface area (Å²) < 4.78 is 4.75. The van der Waals surface area contributed by atoms with E-state index in [0.29, 0.717) is 6.61 Å². The molecule has 4 nitrogen and oxygen atoms in total. The van der Waals surface area contributed by atoms with Gasteiger partial charge in [-0.1, -0.05) is 0 Å². The largest absolute Gasteiger partial charge is 0.450 e. The Labute approximate surface area is 72.5 Å². The Hall–Kier alpha value is -0.770. The van der Waals surface area contributed by atoms with E-state index < -0.39 is 0 Å². The third-order valence-electron chi connectivity index (χ3n) is 2.15. The van der Waals surface area contributed by atoms with Crippen molar-refractivity contribution in [2.45, 2.75) is 38.3 Å². The molecular weight excluding hydrogens is 156 g/mol. The molecular formula is C8H16N2O2. The van der Waals surface area contributed by atoms with E-state index in [-0.39, 0.29) is 18.2 Å². The minimum Gasteiger partial charge on any atom is -0.450 e. The monoisotopic (exact) mass is 172 g/mol. The number of hydrogen-bond acceptors (Lipinski definition) is 3. The number of alkyl carbamates (subject to hydrolysis) is 1. The normalized spacial score (nSPS) is 28.5. The van der Waals surface area contributed by atoms with E-state index >= 15 is 0 Å². The van der Waals surface area contributed by atoms with Crippen molar-refractivity contribution in [2.24, 2.45) is 5.73 Å². The van der Waals surface area contributed by atoms with Crippen molar-refractivity contribution in [3.63, 3.8) is 0 Å². The van der Waals surface area contributed by atoms with E-state index in [1.807, 2.05) is 0 Å². The van der Waals surface area contributed by atoms with E-state index in [0.717, 1.165) is 19.3 Å². The van der Waals surface area contributed by atoms with Crippen molar-refractivity contribution in [1.29, 1.82) is 0 Å². The number of nitrogens with two attached hydrogens (primary N) is 1. The number of nitrogens with one attached hydrogen (secondary N) is 1. The van der Waals surface area contributed by atoms with Crippen molar-refractivity contribution in [1.82, 2.24) is 5.32 Å². The van der Waals surface area contributed by atoms with Gasteiger partial charge >= 0.3 is 6.09 Å². The Kier molecular flexibility index (Phi) is 3.34. The molecule has 4 heteroatoms. The Bertz CT molecular complexity index is 161. The van der Waals surface area contributed by atoms with Gasteiger partial charge in [0, 0.05) is 12.1 Å². The zero-order chi connectivity index (χ0) is 8.97. The average Bonchev–Trinajstić information content (AvgIpc) is 2.37. The Balaban J connectivity index is 2.25. The molecule has 0 aromatic carbocycles. The second kappa shape index (κ2) is 4.30. The molecule has 0 aromatic heterocycles. The smallest absolute Gasteiger partial charge is 0.407 e. The van der Waals surface area contributed by atoms with Gasteiger partial charge in [0.2, 0.25) is 0 Å². The van der Waals surface area contributed by atoms with E-state index in [1.54, 1.807) is 6.92 Å². The van der Waals surface area contributed by atoms with Gasteiger partial charge in [-0.25, -0.2) is 4.79 Å². The van der Waals surface area contributed by atoms with Crippen LogP contribution in [0.1, 0.15) is 26.2 Å². The van der Waals surface area contributed by atoms with Crippen LogP contribution in [0.4, 0.5) is 4.79 Å². The second-order valence-electron chi connectivity index (χ2n) is 3.07. The van der Waals surface area contributed by atoms with Crippen LogP contribution in [0.5, 0.6) is 0 Å². The maximum absolute atomic E-state index is 11.0. The molecule has 0 heterocycles. The van der Waals surface area contributed by atoms with Crippen molar-refractivity contribution in [2.75, 3.05) is 6.61 Å². The lowest BCUT2D eigenvalue weighted by Gasteiger charge is -2.16. The lowest BCUT2D eigenvalue weighted by Crippen LogP contribution is -2.44. The summed E-state index contributed by atoms with van der Waals surface area (Å²) in [4.78, 5) is 11.0. The molecule has 3 N–H and O–H groups in total. The van der Waals surface area contributed by atoms with Crippen LogP contribution in [-0.2, 0) is 4.74 Å². The lowest BCUT2D eigenvalue weighted by atomic mass is 10.2. The Morgan fingerprint density at radius 3 is 2.92 bits per heavy atom. The molecule has 1 rings (SSSR count). The molecule has 1 amide bonds. The first-order chi connectivity index (χ1) is 5.74. The van der Waals surface area contributed by atoms with Gasteiger partial charge in [-0.3, -0.25) is 0 Å². The molecule has 0 radical (unpaired) electrons. The van der Waals surface area contributed by atoms with Gasteiger partial charge in [-0.05, 0) is 26.2 Å². The summed E-state index contributed by atoms with van der Waals surface area (Å²) in [6.07, 6.45) is 2.72. The fraction of sp³-hybridized carbons (Fsp3) is 0.875. The average molecular weight is 172 g/mol. The van der Waals surface area contributed by atoms with Crippen molar-refractivity contribution >= 4 is 6.09 Å². The minimum absolute atomic E-state index is 0.106. The molecule has 12 heavy (non-hydrogen) atoms. The fourth-order valence-electron chi connectivity index (χ4n) is 1.49. The zero-order valence-electron chi connectivity index (χ0n) is 7.38. The van der Waals surface area contributed by atoms with Gasteiger partial charge in [0.15, 0.2) is 0 Å². The molecule has 0 spiro atoms. The van der Waals surface area contributed by atoms with Crippen LogP contribution in [-0.4, -0.2) is 24.8 Å². The summed E-state index contributed by atoms with van der Waals surface area (Å²) in [6.45, 7) is 2.20. The highest BCUT2D eigenvalue weighted by molar-refractivity contribution is 5.67. The first-order valence-corrected chi connectivity index (χ1v) is 4.43. The standard InChI is InChI=1S/C8H16N2O2/c1-2-12-8(11)10-7-5-3-4-6(7)9/h6-7H,2-5,9H2,1H3,(H,10,11)/t6-,7+/m0/s1. The molecule has 1 aliphatic carbocycles. The molecule has 0 unspecified atom stereocenters. The molecule has 1 saturated carbocycles. The first-order valence-electron chi connectivity index (χ1n) is 4.43. The molecule has 0 saturated heterocycles. The van der Waals surface area contributed by atoms with Gasteiger partial charge < -0.3 is 15.8 Å². The number of rotatable bonds is 2. The second-order valence-corrected chi connectivity index (χ2v) is 3.07. The summed E-state index contributed by atoms with van der Waals surface area (Å²) in [7, 11) is 0. The maximum atomic E-state index is 11.0. The van der Waals surface area contributed by atoms with Crippen LogP contribution in [0.25, 0.3) is 0 Å². The van der Waals surface area contributed by atoms with Gasteiger partial charge in [-0.15, -0.1) is 0 Å². The highest BCUT2D eigenvalue weighted by atomic mass is 16.5. The van der Waals surface area contributed by atoms with Crippen molar-refractivity contribution in [3.8, 4) is 0 Å². The molecule has 1 fully saturated rings. The topological polar surface area (TPSA) is 64.3 Å². The number of ether oxygens (including phenoxy) is 1. The van der Waals surface area contributed by atoms with Crippen LogP contribution in [0.15, 0.2) is 0 Å². The van der Waals surface area contributed by atoms with Crippen molar-refractivity contribution in [3.05, 3.63) is 0 Å². The summed E-state index contributed by atoms with van der Waals surface area (Å²) in [5.74, 6) is 0. The van der Waals surface area contributed by atoms with Gasteiger partial charge in [0.25, 0.3) is 0 Å². The van der Waals surface area contributed by atoms with Crippen LogP contribution < -0.4 is 11.1 Å². The quantitative estimate of drug-likeness (QED) is 0.641. The summed E-state index contributed by atoms with van der Waals surface area (Å²) >= 11 is 0. The number of carbonyl (C=O) groups excluding carboxylic acids is 1. The number of carbonyl (C=O) groups is 1. The molecule has 0 bridgehead atoms. The van der Waals surface area contributed by atoms with Crippen LogP contribution in [0.2, 0.25) is 0 Å². The van der Waals surface area contributed by atoms with Crippen LogP contribution in [0.3, 0.4) is 0 Å². The maximum Gasteiger partial charge on any atom is 0.407 e. The predicted octanol–water partition coefficient (Wildman–Crippen LogP) is 0.612. The Morgan fingerprint density at radius 2 is 2.42 bits per heavy atom. The number of amides is 1. The Morgan fingerprint density at radius 1 is 1.67 bits per heavy atom. The molecule has 0 aliphatic heterocycles. The SMILES string of the molecule is CCOC(=O)N[C@@H]1CCC[C@@H]1N. The fourth-order valence-corrected chi connectivity index (χ4v) is 1.49. The lowest BCUT2D eigenvalue weighted by molar-refractivity contribution is 0.147. The highest BCUT2D eigenvalue weighted by Gasteiger charge is 2.25. The molecule has 70 valence electrons.